The van der Waals surface area contributed by atoms with E-state index in [0.29, 0.717) is 22.4 Å². The van der Waals surface area contributed by atoms with E-state index in [4.69, 9.17) is 0 Å². The number of nitrogens with zero attached hydrogens (tertiary/aromatic N) is 3. The van der Waals surface area contributed by atoms with Crippen molar-refractivity contribution in [2.45, 2.75) is 19.4 Å². The van der Waals surface area contributed by atoms with Gasteiger partial charge in [-0.1, -0.05) is 66.7 Å². The number of carbonyl (C=O) groups excluding carboxylic acids is 1. The smallest absolute Gasteiger partial charge is 0.281 e. The fraction of sp³-hybridized carbons (Fsp3) is 0.103. The molecule has 0 heterocycles. The van der Waals surface area contributed by atoms with Crippen LogP contribution in [0.15, 0.2) is 112 Å². The lowest BCUT2D eigenvalue weighted by molar-refractivity contribution is -0.136. The van der Waals surface area contributed by atoms with Gasteiger partial charge < -0.3 is 10.2 Å². The van der Waals surface area contributed by atoms with E-state index in [0.717, 1.165) is 11.3 Å². The van der Waals surface area contributed by atoms with Crippen molar-refractivity contribution in [2.75, 3.05) is 0 Å². The van der Waals surface area contributed by atoms with Crippen LogP contribution in [0.4, 0.5) is 11.4 Å². The molecular formula is C29H26N4O3. The van der Waals surface area contributed by atoms with Crippen molar-refractivity contribution in [3.05, 3.63) is 125 Å². The lowest BCUT2D eigenvalue weighted by Crippen LogP contribution is -2.43. The molecule has 0 atom stereocenters. The summed E-state index contributed by atoms with van der Waals surface area (Å²) >= 11 is 0. The van der Waals surface area contributed by atoms with Crippen molar-refractivity contribution < 1.29 is 15.0 Å². The molecule has 36 heavy (non-hydrogen) atoms. The molecule has 4 aromatic carbocycles. The topological polar surface area (TPSA) is 107 Å². The van der Waals surface area contributed by atoms with Gasteiger partial charge in [0.05, 0.1) is 17.6 Å². The number of benzene rings is 4. The fourth-order valence-corrected chi connectivity index (χ4v) is 3.64. The largest absolute Gasteiger partial charge is 0.507 e. The molecule has 1 amide bonds. The van der Waals surface area contributed by atoms with Crippen molar-refractivity contribution in [1.29, 1.82) is 0 Å². The second-order valence-electron chi connectivity index (χ2n) is 8.35. The number of carbonyl (C=O) groups is 1. The highest BCUT2D eigenvalue weighted by atomic mass is 16.3. The van der Waals surface area contributed by atoms with Crippen LogP contribution in [-0.2, 0) is 10.4 Å². The Morgan fingerprint density at radius 2 is 1.33 bits per heavy atom. The van der Waals surface area contributed by atoms with E-state index >= 15 is 0 Å². The zero-order chi connectivity index (χ0) is 25.5. The number of hydrazone groups is 1. The summed E-state index contributed by atoms with van der Waals surface area (Å²) in [6, 6.07) is 27.8. The highest BCUT2D eigenvalue weighted by molar-refractivity contribution is 5.91. The average molecular weight is 479 g/mol. The number of amides is 1. The molecule has 3 N–H and O–H groups in total. The van der Waals surface area contributed by atoms with Gasteiger partial charge in [0.2, 0.25) is 0 Å². The highest BCUT2D eigenvalue weighted by Crippen LogP contribution is 2.30. The van der Waals surface area contributed by atoms with Gasteiger partial charge >= 0.3 is 0 Å². The summed E-state index contributed by atoms with van der Waals surface area (Å²) in [5.41, 5.74) is 5.09. The van der Waals surface area contributed by atoms with Crippen LogP contribution in [0.1, 0.15) is 27.8 Å². The van der Waals surface area contributed by atoms with Gasteiger partial charge in [-0.25, -0.2) is 5.43 Å². The molecule has 0 aliphatic heterocycles. The Bertz CT molecular complexity index is 1380. The molecular weight excluding hydrogens is 452 g/mol. The Kier molecular flexibility index (Phi) is 7.32. The summed E-state index contributed by atoms with van der Waals surface area (Å²) in [4.78, 5) is 13.1. The Balaban J connectivity index is 1.54. The van der Waals surface area contributed by atoms with Crippen LogP contribution in [0.3, 0.4) is 0 Å². The molecule has 0 unspecified atom stereocenters. The minimum Gasteiger partial charge on any atom is -0.507 e. The molecule has 0 aliphatic carbocycles. The zero-order valence-corrected chi connectivity index (χ0v) is 20.0. The number of hydrogen-bond donors (Lipinski definition) is 3. The third-order valence-electron chi connectivity index (χ3n) is 5.86. The molecule has 4 rings (SSSR count). The standard InChI is InChI=1S/C29H26N4O3/c1-20-13-14-25(17-21(20)2)31-32-26-15-16-27(34)22(18-26)19-30-33-28(35)29(36,23-9-5-3-6-10-23)24-11-7-4-8-12-24/h3-19,34,36H,1-2H3,(H,33,35)/b30-19-,32-31?. The van der Waals surface area contributed by atoms with Gasteiger partial charge in [-0.05, 0) is 66.4 Å². The first-order valence-corrected chi connectivity index (χ1v) is 11.4. The van der Waals surface area contributed by atoms with Crippen molar-refractivity contribution in [2.24, 2.45) is 15.3 Å². The first-order valence-electron chi connectivity index (χ1n) is 11.4. The molecule has 4 aromatic rings. The predicted molar refractivity (Wildman–Crippen MR) is 140 cm³/mol. The molecule has 7 heteroatoms. The Labute approximate surface area is 209 Å². The summed E-state index contributed by atoms with van der Waals surface area (Å²) < 4.78 is 0. The SMILES string of the molecule is Cc1ccc(N=Nc2ccc(O)c(/C=N\NC(=O)C(O)(c3ccccc3)c3ccccc3)c2)cc1C. The molecule has 0 radical (unpaired) electrons. The molecule has 7 nitrogen and oxygen atoms in total. The van der Waals surface area contributed by atoms with Gasteiger partial charge in [0, 0.05) is 5.56 Å². The summed E-state index contributed by atoms with van der Waals surface area (Å²) in [6.45, 7) is 4.04. The Morgan fingerprint density at radius 3 is 1.92 bits per heavy atom. The number of azo groups is 1. The van der Waals surface area contributed by atoms with E-state index in [1.807, 2.05) is 32.0 Å². The van der Waals surface area contributed by atoms with Crippen LogP contribution in [0.5, 0.6) is 5.75 Å². The average Bonchev–Trinajstić information content (AvgIpc) is 2.91. The molecule has 0 bridgehead atoms. The van der Waals surface area contributed by atoms with Gasteiger partial charge in [-0.2, -0.15) is 15.3 Å². The molecule has 0 saturated carbocycles. The van der Waals surface area contributed by atoms with Crippen LogP contribution in [0.25, 0.3) is 0 Å². The van der Waals surface area contributed by atoms with Gasteiger partial charge in [0.1, 0.15) is 5.75 Å². The molecule has 0 spiro atoms. The van der Waals surface area contributed by atoms with Crippen LogP contribution in [-0.4, -0.2) is 22.3 Å². The number of aryl methyl sites for hydroxylation is 2. The number of phenols is 1. The lowest BCUT2D eigenvalue weighted by atomic mass is 9.85. The third kappa shape index (κ3) is 5.37. The van der Waals surface area contributed by atoms with Crippen LogP contribution in [0.2, 0.25) is 0 Å². The van der Waals surface area contributed by atoms with Crippen LogP contribution >= 0.6 is 0 Å². The van der Waals surface area contributed by atoms with Crippen molar-refractivity contribution in [3.8, 4) is 5.75 Å². The molecule has 0 fully saturated rings. The van der Waals surface area contributed by atoms with Gasteiger partial charge in [-0.15, -0.1) is 0 Å². The minimum atomic E-state index is -1.95. The maximum Gasteiger partial charge on any atom is 0.281 e. The summed E-state index contributed by atoms with van der Waals surface area (Å²) in [5.74, 6) is -0.777. The van der Waals surface area contributed by atoms with Gasteiger partial charge in [0.15, 0.2) is 5.60 Å². The maximum atomic E-state index is 13.1. The fourth-order valence-electron chi connectivity index (χ4n) is 3.64. The van der Waals surface area contributed by atoms with E-state index in [9.17, 15) is 15.0 Å². The molecule has 0 aliphatic rings. The van der Waals surface area contributed by atoms with E-state index in [1.165, 1.54) is 17.8 Å². The number of hydrogen-bond acceptors (Lipinski definition) is 6. The predicted octanol–water partition coefficient (Wildman–Crippen LogP) is 5.81. The minimum absolute atomic E-state index is 0.0421. The zero-order valence-electron chi connectivity index (χ0n) is 20.0. The monoisotopic (exact) mass is 478 g/mol. The quantitative estimate of drug-likeness (QED) is 0.177. The summed E-state index contributed by atoms with van der Waals surface area (Å²) in [6.07, 6.45) is 1.29. The third-order valence-corrected chi connectivity index (χ3v) is 5.86. The van der Waals surface area contributed by atoms with Crippen molar-refractivity contribution >= 4 is 23.5 Å². The Hall–Kier alpha value is -4.62. The number of nitrogens with one attached hydrogen (secondary N) is 1. The second-order valence-corrected chi connectivity index (χ2v) is 8.35. The van der Waals surface area contributed by atoms with E-state index in [1.54, 1.807) is 72.8 Å². The van der Waals surface area contributed by atoms with E-state index in [2.05, 4.69) is 20.8 Å². The van der Waals surface area contributed by atoms with E-state index < -0.39 is 11.5 Å². The van der Waals surface area contributed by atoms with Crippen molar-refractivity contribution in [3.63, 3.8) is 0 Å². The highest BCUT2D eigenvalue weighted by Gasteiger charge is 2.39. The Morgan fingerprint density at radius 1 is 0.778 bits per heavy atom. The molecule has 180 valence electrons. The first kappa shape index (κ1) is 24.5. The van der Waals surface area contributed by atoms with E-state index in [-0.39, 0.29) is 5.75 Å². The maximum absolute atomic E-state index is 13.1. The number of aliphatic hydroxyl groups is 1. The number of phenolic OH excluding ortho intramolecular Hbond substituents is 1. The summed E-state index contributed by atoms with van der Waals surface area (Å²) in [7, 11) is 0. The van der Waals surface area contributed by atoms with Crippen LogP contribution < -0.4 is 5.43 Å². The summed E-state index contributed by atoms with van der Waals surface area (Å²) in [5, 5.41) is 34.2. The number of aromatic hydroxyl groups is 1. The first-order chi connectivity index (χ1) is 17.4. The van der Waals surface area contributed by atoms with Crippen molar-refractivity contribution in [1.82, 2.24) is 5.43 Å². The normalized spacial score (nSPS) is 11.8. The molecule has 0 aromatic heterocycles. The number of rotatable bonds is 7. The van der Waals surface area contributed by atoms with Gasteiger partial charge in [0.25, 0.3) is 5.91 Å². The van der Waals surface area contributed by atoms with Crippen LogP contribution in [0, 0.1) is 13.8 Å². The molecule has 0 saturated heterocycles. The lowest BCUT2D eigenvalue weighted by Gasteiger charge is -2.27. The second kappa shape index (κ2) is 10.8. The van der Waals surface area contributed by atoms with Gasteiger partial charge in [-0.3, -0.25) is 4.79 Å².